The minimum Gasteiger partial charge on any atom is -0.396 e. The Balaban J connectivity index is 1.76. The van der Waals surface area contributed by atoms with Crippen LogP contribution in [0.2, 0.25) is 0 Å². The van der Waals surface area contributed by atoms with Crippen molar-refractivity contribution >= 4 is 5.95 Å². The highest BCUT2D eigenvalue weighted by Crippen LogP contribution is 2.22. The molecule has 1 aliphatic heterocycles. The first kappa shape index (κ1) is 11.2. The Kier molecular flexibility index (Phi) is 2.98. The number of anilines is 1. The molecule has 1 saturated heterocycles. The van der Waals surface area contributed by atoms with Crippen molar-refractivity contribution in [3.8, 4) is 11.1 Å². The van der Waals surface area contributed by atoms with Crippen LogP contribution in [-0.2, 0) is 0 Å². The molecule has 0 aromatic carbocycles. The van der Waals surface area contributed by atoms with Gasteiger partial charge in [-0.1, -0.05) is 0 Å². The largest absolute Gasteiger partial charge is 0.396 e. The molecule has 1 unspecified atom stereocenters. The van der Waals surface area contributed by atoms with Gasteiger partial charge in [0.05, 0.1) is 0 Å². The molecule has 2 N–H and O–H groups in total. The summed E-state index contributed by atoms with van der Waals surface area (Å²) in [5, 5.41) is 9.13. The maximum Gasteiger partial charge on any atom is 0.225 e. The topological polar surface area (TPSA) is 65.0 Å². The second-order valence-electron chi connectivity index (χ2n) is 4.65. The Morgan fingerprint density at radius 3 is 2.78 bits per heavy atom. The number of aliphatic hydroxyl groups excluding tert-OH is 1. The average Bonchev–Trinajstić information content (AvgIpc) is 3.10. The van der Waals surface area contributed by atoms with Gasteiger partial charge in [-0.25, -0.2) is 9.97 Å². The van der Waals surface area contributed by atoms with Crippen molar-refractivity contribution in [1.29, 1.82) is 0 Å². The van der Waals surface area contributed by atoms with Crippen LogP contribution in [0.1, 0.15) is 6.42 Å². The van der Waals surface area contributed by atoms with Crippen LogP contribution in [0.3, 0.4) is 0 Å². The fourth-order valence-electron chi connectivity index (χ4n) is 2.30. The molecule has 5 nitrogen and oxygen atoms in total. The number of rotatable bonds is 3. The lowest BCUT2D eigenvalue weighted by Gasteiger charge is -2.15. The zero-order chi connectivity index (χ0) is 12.4. The van der Waals surface area contributed by atoms with Gasteiger partial charge in [0, 0.05) is 61.5 Å². The first-order valence-corrected chi connectivity index (χ1v) is 6.18. The van der Waals surface area contributed by atoms with Crippen LogP contribution in [-0.4, -0.2) is 39.8 Å². The van der Waals surface area contributed by atoms with Gasteiger partial charge in [-0.2, -0.15) is 0 Å². The van der Waals surface area contributed by atoms with E-state index >= 15 is 0 Å². The van der Waals surface area contributed by atoms with Gasteiger partial charge in [0.2, 0.25) is 5.95 Å². The fraction of sp³-hybridized carbons (Fsp3) is 0.385. The average molecular weight is 244 g/mol. The van der Waals surface area contributed by atoms with Crippen LogP contribution in [0, 0.1) is 5.92 Å². The molecule has 0 amide bonds. The molecule has 18 heavy (non-hydrogen) atoms. The van der Waals surface area contributed by atoms with Crippen molar-refractivity contribution < 1.29 is 5.11 Å². The number of nitrogens with zero attached hydrogens (tertiary/aromatic N) is 3. The van der Waals surface area contributed by atoms with Gasteiger partial charge in [0.25, 0.3) is 0 Å². The Hall–Kier alpha value is -1.88. The molecule has 2 aromatic heterocycles. The standard InChI is InChI=1S/C13H16N4O/c18-9-10-2-4-17(8-10)13-15-6-12(7-16-13)11-1-3-14-5-11/h1,3,5-7,10,14,18H,2,4,8-9H2. The van der Waals surface area contributed by atoms with E-state index in [4.69, 9.17) is 5.11 Å². The normalized spacial score (nSPS) is 19.4. The summed E-state index contributed by atoms with van der Waals surface area (Å²) in [6.45, 7) is 2.02. The highest BCUT2D eigenvalue weighted by Gasteiger charge is 2.23. The first-order valence-electron chi connectivity index (χ1n) is 6.18. The predicted molar refractivity (Wildman–Crippen MR) is 69.2 cm³/mol. The fourth-order valence-corrected chi connectivity index (χ4v) is 2.30. The summed E-state index contributed by atoms with van der Waals surface area (Å²) >= 11 is 0. The number of aromatic nitrogens is 3. The van der Waals surface area contributed by atoms with E-state index in [2.05, 4.69) is 19.9 Å². The summed E-state index contributed by atoms with van der Waals surface area (Å²) < 4.78 is 0. The summed E-state index contributed by atoms with van der Waals surface area (Å²) in [7, 11) is 0. The predicted octanol–water partition coefficient (Wildman–Crippen LogP) is 1.29. The summed E-state index contributed by atoms with van der Waals surface area (Å²) in [4.78, 5) is 14.0. The van der Waals surface area contributed by atoms with Crippen molar-refractivity contribution in [1.82, 2.24) is 15.0 Å². The van der Waals surface area contributed by atoms with Gasteiger partial charge >= 0.3 is 0 Å². The molecule has 5 heteroatoms. The highest BCUT2D eigenvalue weighted by molar-refractivity contribution is 5.61. The van der Waals surface area contributed by atoms with Crippen molar-refractivity contribution in [2.75, 3.05) is 24.6 Å². The third-order valence-corrected chi connectivity index (χ3v) is 3.40. The molecule has 1 aliphatic rings. The number of hydrogen-bond acceptors (Lipinski definition) is 4. The SMILES string of the molecule is OCC1CCN(c2ncc(-c3cc[nH]c3)cn2)C1. The van der Waals surface area contributed by atoms with Crippen LogP contribution in [0.25, 0.3) is 11.1 Å². The lowest BCUT2D eigenvalue weighted by molar-refractivity contribution is 0.238. The van der Waals surface area contributed by atoms with Crippen molar-refractivity contribution in [2.45, 2.75) is 6.42 Å². The van der Waals surface area contributed by atoms with Gasteiger partial charge in [-0.3, -0.25) is 0 Å². The Labute approximate surface area is 106 Å². The monoisotopic (exact) mass is 244 g/mol. The van der Waals surface area contributed by atoms with Crippen molar-refractivity contribution in [3.63, 3.8) is 0 Å². The molecular formula is C13H16N4O. The van der Waals surface area contributed by atoms with Crippen LogP contribution < -0.4 is 4.90 Å². The summed E-state index contributed by atoms with van der Waals surface area (Å²) in [5.41, 5.74) is 2.11. The van der Waals surface area contributed by atoms with Gasteiger partial charge in [-0.05, 0) is 12.5 Å². The highest BCUT2D eigenvalue weighted by atomic mass is 16.3. The van der Waals surface area contributed by atoms with Crippen LogP contribution in [0.5, 0.6) is 0 Å². The van der Waals surface area contributed by atoms with E-state index in [-0.39, 0.29) is 6.61 Å². The number of hydrogen-bond donors (Lipinski definition) is 2. The van der Waals surface area contributed by atoms with Gasteiger partial charge < -0.3 is 15.0 Å². The van der Waals surface area contributed by atoms with Crippen molar-refractivity contribution in [3.05, 3.63) is 30.9 Å². The minimum absolute atomic E-state index is 0.248. The molecule has 0 bridgehead atoms. The molecular weight excluding hydrogens is 228 g/mol. The number of aromatic amines is 1. The lowest BCUT2D eigenvalue weighted by atomic mass is 10.1. The van der Waals surface area contributed by atoms with E-state index in [1.165, 1.54) is 0 Å². The van der Waals surface area contributed by atoms with E-state index < -0.39 is 0 Å². The molecule has 1 fully saturated rings. The van der Waals surface area contributed by atoms with E-state index in [9.17, 15) is 0 Å². The third kappa shape index (κ3) is 2.09. The number of aliphatic hydroxyl groups is 1. The quantitative estimate of drug-likeness (QED) is 0.854. The van der Waals surface area contributed by atoms with Gasteiger partial charge in [-0.15, -0.1) is 0 Å². The molecule has 0 radical (unpaired) electrons. The van der Waals surface area contributed by atoms with E-state index in [0.29, 0.717) is 5.92 Å². The molecule has 0 aliphatic carbocycles. The lowest BCUT2D eigenvalue weighted by Crippen LogP contribution is -2.22. The molecule has 2 aromatic rings. The zero-order valence-electron chi connectivity index (χ0n) is 10.1. The molecule has 94 valence electrons. The second-order valence-corrected chi connectivity index (χ2v) is 4.65. The second kappa shape index (κ2) is 4.78. The Bertz CT molecular complexity index is 494. The smallest absolute Gasteiger partial charge is 0.225 e. The maximum atomic E-state index is 9.13. The van der Waals surface area contributed by atoms with Crippen LogP contribution in [0.4, 0.5) is 5.95 Å². The first-order chi connectivity index (χ1) is 8.86. The Morgan fingerprint density at radius 1 is 1.33 bits per heavy atom. The van der Waals surface area contributed by atoms with E-state index in [1.807, 2.05) is 30.9 Å². The van der Waals surface area contributed by atoms with Gasteiger partial charge in [0.1, 0.15) is 0 Å². The maximum absolute atomic E-state index is 9.13. The summed E-state index contributed by atoms with van der Waals surface area (Å²) in [6, 6.07) is 2.00. The zero-order valence-corrected chi connectivity index (χ0v) is 10.1. The van der Waals surface area contributed by atoms with E-state index in [1.54, 1.807) is 0 Å². The minimum atomic E-state index is 0.248. The molecule has 0 saturated carbocycles. The van der Waals surface area contributed by atoms with Crippen LogP contribution in [0.15, 0.2) is 30.9 Å². The molecule has 0 spiro atoms. The summed E-state index contributed by atoms with van der Waals surface area (Å²) in [5.74, 6) is 1.11. The van der Waals surface area contributed by atoms with Gasteiger partial charge in [0.15, 0.2) is 0 Å². The summed E-state index contributed by atoms with van der Waals surface area (Å²) in [6.07, 6.45) is 8.51. The van der Waals surface area contributed by atoms with Crippen molar-refractivity contribution in [2.24, 2.45) is 5.92 Å². The molecule has 3 rings (SSSR count). The third-order valence-electron chi connectivity index (χ3n) is 3.40. The molecule has 3 heterocycles. The molecule has 1 atom stereocenters. The number of nitrogens with one attached hydrogen (secondary N) is 1. The Morgan fingerprint density at radius 2 is 2.17 bits per heavy atom. The van der Waals surface area contributed by atoms with Crippen LogP contribution >= 0.6 is 0 Å². The number of H-pyrrole nitrogens is 1. The van der Waals surface area contributed by atoms with E-state index in [0.717, 1.165) is 36.6 Å².